The van der Waals surface area contributed by atoms with Crippen LogP contribution in [0.3, 0.4) is 0 Å². The Morgan fingerprint density at radius 2 is 1.57 bits per heavy atom. The van der Waals surface area contributed by atoms with Crippen LogP contribution < -0.4 is 34.0 Å². The number of β-amino-alcohol motifs (C(OH)–C–C–N with tert-alkyl or cyclic N) is 1. The van der Waals surface area contributed by atoms with Gasteiger partial charge in [0.15, 0.2) is 11.9 Å². The normalized spacial score (nSPS) is 21.4. The maximum absolute atomic E-state index is 13.8. The van der Waals surface area contributed by atoms with Crippen LogP contribution in [0.5, 0.6) is 0 Å². The number of rotatable bonds is 16. The van der Waals surface area contributed by atoms with Crippen molar-refractivity contribution in [3.8, 4) is 0 Å². The lowest BCUT2D eigenvalue weighted by molar-refractivity contribution is -0.149. The topological polar surface area (TPSA) is 279 Å². The molecule has 0 saturated carbocycles. The molecule has 5 atom stereocenters. The fourth-order valence-corrected chi connectivity index (χ4v) is 5.28. The molecule has 16 nitrogen and oxygen atoms in total. The summed E-state index contributed by atoms with van der Waals surface area (Å²) in [5, 5.41) is 12.7. The van der Waals surface area contributed by atoms with E-state index in [4.69, 9.17) is 28.7 Å². The van der Waals surface area contributed by atoms with Gasteiger partial charge in [-0.25, -0.2) is 0 Å². The Morgan fingerprint density at radius 1 is 0.952 bits per heavy atom. The van der Waals surface area contributed by atoms with Gasteiger partial charge in [0.05, 0.1) is 18.7 Å². The molecule has 2 saturated heterocycles. The number of aliphatic hydroxyl groups excluding tert-OH is 1. The zero-order valence-corrected chi connectivity index (χ0v) is 24.2. The number of Topliss-reactive ketones (excluding diaryl/α,β-unsaturated/α-hetero) is 2. The van der Waals surface area contributed by atoms with E-state index in [2.05, 4.69) is 15.3 Å². The second kappa shape index (κ2) is 16.6. The van der Waals surface area contributed by atoms with Crippen molar-refractivity contribution >= 4 is 41.2 Å². The summed E-state index contributed by atoms with van der Waals surface area (Å²) in [4.78, 5) is 75.1. The smallest absolute Gasteiger partial charge is 0.246 e. The lowest BCUT2D eigenvalue weighted by Gasteiger charge is -2.32. The SMILES string of the molecule is CC(=O)CNC(=O)[C@@H]1C[C@@H](O)CN1C(=O)[C@@H]1CCCN1C(=O)[C@H](CCCN=C(N)N)CC(=O)[C@H](N)CCCN=C(N)N. The van der Waals surface area contributed by atoms with Crippen LogP contribution in [0.4, 0.5) is 0 Å². The van der Waals surface area contributed by atoms with Crippen molar-refractivity contribution < 1.29 is 29.1 Å². The number of amides is 3. The summed E-state index contributed by atoms with van der Waals surface area (Å²) in [5.74, 6) is -2.81. The highest BCUT2D eigenvalue weighted by molar-refractivity contribution is 5.95. The van der Waals surface area contributed by atoms with E-state index in [1.54, 1.807) is 0 Å². The average molecular weight is 595 g/mol. The number of ketones is 2. The summed E-state index contributed by atoms with van der Waals surface area (Å²) in [6.45, 7) is 1.96. The summed E-state index contributed by atoms with van der Waals surface area (Å²) >= 11 is 0. The molecule has 0 aromatic carbocycles. The summed E-state index contributed by atoms with van der Waals surface area (Å²) < 4.78 is 0. The first-order chi connectivity index (χ1) is 19.8. The molecule has 42 heavy (non-hydrogen) atoms. The van der Waals surface area contributed by atoms with Crippen molar-refractivity contribution in [1.29, 1.82) is 0 Å². The van der Waals surface area contributed by atoms with Gasteiger partial charge < -0.3 is 48.9 Å². The van der Waals surface area contributed by atoms with Crippen molar-refractivity contribution in [1.82, 2.24) is 15.1 Å². The number of carbonyl (C=O) groups excluding carboxylic acids is 5. The van der Waals surface area contributed by atoms with Crippen LogP contribution in [0.2, 0.25) is 0 Å². The van der Waals surface area contributed by atoms with Gasteiger partial charge >= 0.3 is 0 Å². The van der Waals surface area contributed by atoms with E-state index in [1.165, 1.54) is 16.7 Å². The summed E-state index contributed by atoms with van der Waals surface area (Å²) in [7, 11) is 0. The van der Waals surface area contributed by atoms with Gasteiger partial charge in [-0.2, -0.15) is 0 Å². The minimum atomic E-state index is -0.960. The number of likely N-dealkylation sites (tertiary alicyclic amines) is 2. The first-order valence-electron chi connectivity index (χ1n) is 14.3. The second-order valence-electron chi connectivity index (χ2n) is 10.9. The highest BCUT2D eigenvalue weighted by atomic mass is 16.3. The molecule has 2 aliphatic heterocycles. The number of hydrogen-bond donors (Lipinski definition) is 7. The van der Waals surface area contributed by atoms with Gasteiger partial charge in [0.1, 0.15) is 23.7 Å². The molecule has 0 bridgehead atoms. The molecular formula is C26H46N10O6. The summed E-state index contributed by atoms with van der Waals surface area (Å²) in [6, 6.07) is -2.63. The quantitative estimate of drug-likeness (QED) is 0.0526. The van der Waals surface area contributed by atoms with E-state index in [1.807, 2.05) is 0 Å². The van der Waals surface area contributed by atoms with Gasteiger partial charge in [-0.15, -0.1) is 0 Å². The Bertz CT molecular complexity index is 1040. The van der Waals surface area contributed by atoms with Crippen LogP contribution in [0, 0.1) is 5.92 Å². The molecule has 2 rings (SSSR count). The molecule has 236 valence electrons. The highest BCUT2D eigenvalue weighted by Crippen LogP contribution is 2.28. The first-order valence-corrected chi connectivity index (χ1v) is 14.3. The molecule has 0 unspecified atom stereocenters. The molecule has 0 aliphatic carbocycles. The van der Waals surface area contributed by atoms with Crippen molar-refractivity contribution in [3.63, 3.8) is 0 Å². The van der Waals surface area contributed by atoms with E-state index < -0.39 is 42.0 Å². The van der Waals surface area contributed by atoms with Gasteiger partial charge in [0, 0.05) is 44.9 Å². The van der Waals surface area contributed by atoms with Gasteiger partial charge in [-0.1, -0.05) is 0 Å². The molecule has 0 aromatic rings. The molecule has 16 heteroatoms. The van der Waals surface area contributed by atoms with Crippen LogP contribution in [0.25, 0.3) is 0 Å². The Hall–Kier alpha value is -3.79. The van der Waals surface area contributed by atoms with E-state index in [0.717, 1.165) is 0 Å². The number of nitrogens with zero attached hydrogens (tertiary/aromatic N) is 4. The number of hydrogen-bond acceptors (Lipinski definition) is 9. The van der Waals surface area contributed by atoms with Crippen LogP contribution >= 0.6 is 0 Å². The maximum Gasteiger partial charge on any atom is 0.246 e. The summed E-state index contributed by atoms with van der Waals surface area (Å²) in [5.41, 5.74) is 27.6. The Balaban J connectivity index is 2.15. The Morgan fingerprint density at radius 3 is 2.17 bits per heavy atom. The van der Waals surface area contributed by atoms with E-state index in [-0.39, 0.29) is 68.3 Å². The standard InChI is InChI=1S/C26H46N10O6/c1-15(37)13-34-22(40)20-12-17(38)14-36(20)24(42)19-7-4-10-35(19)23(41)16(5-2-8-32-25(28)29)11-21(39)18(27)6-3-9-33-26(30)31/h16-20,38H,2-14,27H2,1H3,(H,34,40)(H4,28,29,32)(H4,30,31,33)/t16-,17-,18-,19+,20+/m1/s1. The lowest BCUT2D eigenvalue weighted by Crippen LogP contribution is -2.54. The van der Waals surface area contributed by atoms with Gasteiger partial charge in [0.2, 0.25) is 17.7 Å². The zero-order valence-electron chi connectivity index (χ0n) is 24.2. The Labute approximate surface area is 245 Å². The number of guanidine groups is 2. The van der Waals surface area contributed by atoms with Crippen molar-refractivity contribution in [2.75, 3.05) is 32.7 Å². The second-order valence-corrected chi connectivity index (χ2v) is 10.9. The highest BCUT2D eigenvalue weighted by Gasteiger charge is 2.45. The minimum Gasteiger partial charge on any atom is -0.391 e. The number of carbonyl (C=O) groups is 5. The fraction of sp³-hybridized carbons (Fsp3) is 0.731. The average Bonchev–Trinajstić information content (AvgIpc) is 3.57. The van der Waals surface area contributed by atoms with E-state index in [0.29, 0.717) is 45.2 Å². The monoisotopic (exact) mass is 594 g/mol. The fourth-order valence-electron chi connectivity index (χ4n) is 5.28. The predicted octanol–water partition coefficient (Wildman–Crippen LogP) is -3.35. The largest absolute Gasteiger partial charge is 0.391 e. The van der Waals surface area contributed by atoms with E-state index in [9.17, 15) is 29.1 Å². The van der Waals surface area contributed by atoms with Crippen LogP contribution in [0.1, 0.15) is 58.3 Å². The van der Waals surface area contributed by atoms with Crippen molar-refractivity contribution in [2.24, 2.45) is 44.6 Å². The molecule has 12 N–H and O–H groups in total. The van der Waals surface area contributed by atoms with Crippen LogP contribution in [0.15, 0.2) is 9.98 Å². The molecule has 0 radical (unpaired) electrons. The third-order valence-electron chi connectivity index (χ3n) is 7.38. The van der Waals surface area contributed by atoms with Crippen molar-refractivity contribution in [3.05, 3.63) is 0 Å². The maximum atomic E-state index is 13.8. The molecule has 3 amide bonds. The first kappa shape index (κ1) is 34.4. The summed E-state index contributed by atoms with van der Waals surface area (Å²) in [6.07, 6.45) is 1.44. The van der Waals surface area contributed by atoms with Crippen molar-refractivity contribution in [2.45, 2.75) is 82.5 Å². The van der Waals surface area contributed by atoms with Gasteiger partial charge in [-0.05, 0) is 45.4 Å². The number of nitrogens with two attached hydrogens (primary N) is 5. The molecule has 2 fully saturated rings. The van der Waals surface area contributed by atoms with Crippen LogP contribution in [-0.2, 0) is 24.0 Å². The molecule has 2 heterocycles. The van der Waals surface area contributed by atoms with Gasteiger partial charge in [-0.3, -0.25) is 34.0 Å². The third kappa shape index (κ3) is 10.6. The molecule has 0 spiro atoms. The van der Waals surface area contributed by atoms with Crippen LogP contribution in [-0.4, -0.2) is 113 Å². The third-order valence-corrected chi connectivity index (χ3v) is 7.38. The minimum absolute atomic E-state index is 0.0269. The molecular weight excluding hydrogens is 548 g/mol. The molecule has 2 aliphatic rings. The zero-order chi connectivity index (χ0) is 31.4. The van der Waals surface area contributed by atoms with E-state index >= 15 is 0 Å². The number of aliphatic hydroxyl groups is 1. The number of aliphatic imine (C=N–C) groups is 2. The van der Waals surface area contributed by atoms with Gasteiger partial charge in [0.25, 0.3) is 0 Å². The predicted molar refractivity (Wildman–Crippen MR) is 155 cm³/mol. The Kier molecular flexibility index (Phi) is 13.6. The molecule has 0 aromatic heterocycles. The lowest BCUT2D eigenvalue weighted by atomic mass is 9.91. The number of nitrogens with one attached hydrogen (secondary N) is 1.